The van der Waals surface area contributed by atoms with Crippen LogP contribution in [0.3, 0.4) is 0 Å². The molecule has 5 nitrogen and oxygen atoms in total. The van der Waals surface area contributed by atoms with E-state index >= 15 is 0 Å². The Morgan fingerprint density at radius 2 is 1.78 bits per heavy atom. The van der Waals surface area contributed by atoms with Gasteiger partial charge in [-0.1, -0.05) is 6.07 Å². The first kappa shape index (κ1) is 15.0. The highest BCUT2D eigenvalue weighted by molar-refractivity contribution is 5.91. The highest BCUT2D eigenvalue weighted by atomic mass is 19.1. The summed E-state index contributed by atoms with van der Waals surface area (Å²) in [5.41, 5.74) is 1.26. The van der Waals surface area contributed by atoms with Crippen LogP contribution in [0.4, 0.5) is 15.8 Å². The predicted molar refractivity (Wildman–Crippen MR) is 88.8 cm³/mol. The van der Waals surface area contributed by atoms with E-state index in [-0.39, 0.29) is 16.7 Å². The van der Waals surface area contributed by atoms with Crippen LogP contribution < -0.4 is 16.3 Å². The minimum absolute atomic E-state index is 0.219. The van der Waals surface area contributed by atoms with Gasteiger partial charge in [0.25, 0.3) is 5.56 Å². The molecule has 0 saturated heterocycles. The van der Waals surface area contributed by atoms with E-state index in [0.29, 0.717) is 16.7 Å². The van der Waals surface area contributed by atoms with Crippen molar-refractivity contribution in [2.45, 2.75) is 6.92 Å². The minimum atomic E-state index is -0.438. The molecule has 2 aromatic heterocycles. The number of nitrogens with one attached hydrogen (secondary N) is 1. The minimum Gasteiger partial charge on any atom is -0.352 e. The first-order valence-electron chi connectivity index (χ1n) is 7.11. The fourth-order valence-electron chi connectivity index (χ4n) is 2.64. The number of nitrogens with zero attached hydrogens (tertiary/aromatic N) is 2. The summed E-state index contributed by atoms with van der Waals surface area (Å²) < 4.78 is 17.2. The number of hydrogen-bond donors (Lipinski definition) is 1. The summed E-state index contributed by atoms with van der Waals surface area (Å²) in [7, 11) is 3.35. The Kier molecular flexibility index (Phi) is 3.52. The number of pyridine rings is 2. The van der Waals surface area contributed by atoms with E-state index in [1.165, 1.54) is 22.8 Å². The molecule has 0 aliphatic carbocycles. The van der Waals surface area contributed by atoms with Crippen LogP contribution in [-0.2, 0) is 14.1 Å². The molecule has 0 aliphatic rings. The summed E-state index contributed by atoms with van der Waals surface area (Å²) >= 11 is 0. The lowest BCUT2D eigenvalue weighted by Gasteiger charge is -2.14. The standard InChI is InChI=1S/C17H16FN3O2/c1-10-4-5-12(11(18)8-10)19-13-9-15(23)21(3)17-16(13)14(22)6-7-20(17)2/h4-9,19H,1-3H3. The molecule has 1 N–H and O–H groups in total. The quantitative estimate of drug-likeness (QED) is 0.790. The molecule has 0 saturated carbocycles. The summed E-state index contributed by atoms with van der Waals surface area (Å²) in [6, 6.07) is 7.46. The lowest BCUT2D eigenvalue weighted by atomic mass is 10.2. The topological polar surface area (TPSA) is 56.0 Å². The van der Waals surface area contributed by atoms with Gasteiger partial charge >= 0.3 is 0 Å². The summed E-state index contributed by atoms with van der Waals surface area (Å²) in [6.07, 6.45) is 1.60. The van der Waals surface area contributed by atoms with Gasteiger partial charge in [0.1, 0.15) is 11.5 Å². The van der Waals surface area contributed by atoms with Crippen molar-refractivity contribution < 1.29 is 4.39 Å². The van der Waals surface area contributed by atoms with E-state index in [1.807, 2.05) is 0 Å². The van der Waals surface area contributed by atoms with Gasteiger partial charge in [-0.05, 0) is 24.6 Å². The number of aryl methyl sites for hydroxylation is 3. The van der Waals surface area contributed by atoms with Crippen LogP contribution >= 0.6 is 0 Å². The normalized spacial score (nSPS) is 11.0. The van der Waals surface area contributed by atoms with Gasteiger partial charge in [0, 0.05) is 32.4 Å². The van der Waals surface area contributed by atoms with E-state index in [1.54, 1.807) is 43.9 Å². The predicted octanol–water partition coefficient (Wildman–Crippen LogP) is 2.43. The van der Waals surface area contributed by atoms with Gasteiger partial charge in [0.05, 0.1) is 16.8 Å². The van der Waals surface area contributed by atoms with Crippen LogP contribution in [0.15, 0.2) is 46.1 Å². The Morgan fingerprint density at radius 3 is 2.48 bits per heavy atom. The lowest BCUT2D eigenvalue weighted by Crippen LogP contribution is -2.22. The van der Waals surface area contributed by atoms with Gasteiger partial charge in [-0.15, -0.1) is 0 Å². The second-order valence-corrected chi connectivity index (χ2v) is 5.55. The molecule has 118 valence electrons. The average molecular weight is 313 g/mol. The van der Waals surface area contributed by atoms with Gasteiger partial charge in [0.2, 0.25) is 0 Å². The van der Waals surface area contributed by atoms with Gasteiger partial charge in [0.15, 0.2) is 5.43 Å². The summed E-state index contributed by atoms with van der Waals surface area (Å²) in [5, 5.41) is 3.22. The molecule has 0 atom stereocenters. The van der Waals surface area contributed by atoms with E-state index in [4.69, 9.17) is 0 Å². The maximum atomic E-state index is 14.1. The summed E-state index contributed by atoms with van der Waals surface area (Å²) in [6.45, 7) is 1.79. The molecule has 0 spiro atoms. The van der Waals surface area contributed by atoms with Crippen molar-refractivity contribution in [1.82, 2.24) is 9.13 Å². The zero-order valence-corrected chi connectivity index (χ0v) is 13.1. The number of benzene rings is 1. The van der Waals surface area contributed by atoms with Gasteiger partial charge in [-0.25, -0.2) is 4.39 Å². The smallest absolute Gasteiger partial charge is 0.253 e. The zero-order chi connectivity index (χ0) is 16.7. The maximum Gasteiger partial charge on any atom is 0.253 e. The summed E-state index contributed by atoms with van der Waals surface area (Å²) in [5.74, 6) is -0.438. The molecule has 6 heteroatoms. The van der Waals surface area contributed by atoms with Crippen LogP contribution in [0.2, 0.25) is 0 Å². The van der Waals surface area contributed by atoms with Crippen molar-refractivity contribution in [3.8, 4) is 0 Å². The molecule has 1 aromatic carbocycles. The molecule has 0 amide bonds. The van der Waals surface area contributed by atoms with Crippen molar-refractivity contribution in [2.24, 2.45) is 14.1 Å². The Bertz CT molecular complexity index is 1030. The number of halogens is 1. The van der Waals surface area contributed by atoms with Gasteiger partial charge < -0.3 is 9.88 Å². The summed E-state index contributed by atoms with van der Waals surface area (Å²) in [4.78, 5) is 24.4. The highest BCUT2D eigenvalue weighted by Crippen LogP contribution is 2.24. The van der Waals surface area contributed by atoms with Crippen molar-refractivity contribution in [3.63, 3.8) is 0 Å². The Hall–Kier alpha value is -2.89. The number of fused-ring (bicyclic) bond motifs is 1. The SMILES string of the molecule is Cc1ccc(Nc2cc(=O)n(C)c3c2c(=O)ccn3C)c(F)c1. The first-order valence-corrected chi connectivity index (χ1v) is 7.11. The third kappa shape index (κ3) is 2.52. The second-order valence-electron chi connectivity index (χ2n) is 5.55. The van der Waals surface area contributed by atoms with Crippen molar-refractivity contribution in [2.75, 3.05) is 5.32 Å². The zero-order valence-electron chi connectivity index (χ0n) is 13.1. The second kappa shape index (κ2) is 5.39. The average Bonchev–Trinajstić information content (AvgIpc) is 2.49. The fraction of sp³-hybridized carbons (Fsp3) is 0.176. The van der Waals surface area contributed by atoms with Gasteiger partial charge in [-0.2, -0.15) is 0 Å². The van der Waals surface area contributed by atoms with Crippen LogP contribution in [0.1, 0.15) is 5.56 Å². The molecule has 3 aromatic rings. The van der Waals surface area contributed by atoms with Crippen molar-refractivity contribution >= 4 is 22.4 Å². The monoisotopic (exact) mass is 313 g/mol. The van der Waals surface area contributed by atoms with Crippen LogP contribution in [0, 0.1) is 12.7 Å². The molecule has 3 rings (SSSR count). The molecule has 23 heavy (non-hydrogen) atoms. The highest BCUT2D eigenvalue weighted by Gasteiger charge is 2.13. The molecule has 0 unspecified atom stereocenters. The van der Waals surface area contributed by atoms with E-state index in [9.17, 15) is 14.0 Å². The van der Waals surface area contributed by atoms with E-state index in [2.05, 4.69) is 5.32 Å². The third-order valence-electron chi connectivity index (χ3n) is 3.83. The molecule has 2 heterocycles. The third-order valence-corrected chi connectivity index (χ3v) is 3.83. The molecular formula is C17H16FN3O2. The molecule has 0 fully saturated rings. The number of anilines is 2. The van der Waals surface area contributed by atoms with E-state index in [0.717, 1.165) is 5.56 Å². The first-order chi connectivity index (χ1) is 10.9. The Labute approximate surface area is 131 Å². The molecule has 0 bridgehead atoms. The molecule has 0 aliphatic heterocycles. The number of aromatic nitrogens is 2. The lowest BCUT2D eigenvalue weighted by molar-refractivity contribution is 0.631. The van der Waals surface area contributed by atoms with Crippen molar-refractivity contribution in [3.05, 3.63) is 68.5 Å². The van der Waals surface area contributed by atoms with Gasteiger partial charge in [-0.3, -0.25) is 14.2 Å². The maximum absolute atomic E-state index is 14.1. The fourth-order valence-corrected chi connectivity index (χ4v) is 2.64. The van der Waals surface area contributed by atoms with Crippen LogP contribution in [0.25, 0.3) is 11.0 Å². The van der Waals surface area contributed by atoms with Crippen LogP contribution in [0.5, 0.6) is 0 Å². The number of hydrogen-bond acceptors (Lipinski definition) is 3. The van der Waals surface area contributed by atoms with E-state index < -0.39 is 5.82 Å². The Balaban J connectivity index is 2.30. The Morgan fingerprint density at radius 1 is 1.04 bits per heavy atom. The number of rotatable bonds is 2. The molecular weight excluding hydrogens is 297 g/mol. The van der Waals surface area contributed by atoms with Crippen LogP contribution in [-0.4, -0.2) is 9.13 Å². The van der Waals surface area contributed by atoms with Crippen molar-refractivity contribution in [1.29, 1.82) is 0 Å². The largest absolute Gasteiger partial charge is 0.352 e. The molecule has 0 radical (unpaired) electrons.